The van der Waals surface area contributed by atoms with Crippen LogP contribution >= 0.6 is 0 Å². The Hall–Kier alpha value is -5.28. The van der Waals surface area contributed by atoms with E-state index in [1.54, 1.807) is 44.3 Å². The van der Waals surface area contributed by atoms with Crippen molar-refractivity contribution in [2.45, 2.75) is 65.8 Å². The van der Waals surface area contributed by atoms with Crippen molar-refractivity contribution in [3.05, 3.63) is 94.4 Å². The standard InChI is InChI=1S/C34H40N6O6/c1-20(2)14-26(18-35)34(45)40(6)27-9-7-8-25(16-27)17-28(31(42)36-19-24-12-10-21(3)11-13-24)37-33(44)30(23(5)41)38-32(43)29-15-22(4)46-39-29/h7-16,20,23,28,30,41H,17,19H2,1-6H3,(H,36,42)(H,37,44)(H,38,43)/t23-,28+,30+/m1/s1. The number of nitrogens with one attached hydrogen (secondary N) is 3. The maximum atomic E-state index is 13.5. The zero-order valence-corrected chi connectivity index (χ0v) is 26.8. The van der Waals surface area contributed by atoms with Gasteiger partial charge in [0.05, 0.1) is 6.10 Å². The van der Waals surface area contributed by atoms with Crippen LogP contribution in [0.2, 0.25) is 0 Å². The summed E-state index contributed by atoms with van der Waals surface area (Å²) in [4.78, 5) is 54.0. The van der Waals surface area contributed by atoms with Crippen LogP contribution in [-0.4, -0.2) is 59.1 Å². The van der Waals surface area contributed by atoms with Crippen molar-refractivity contribution in [2.75, 3.05) is 11.9 Å². The van der Waals surface area contributed by atoms with Crippen LogP contribution < -0.4 is 20.9 Å². The number of nitriles is 1. The predicted octanol–water partition coefficient (Wildman–Crippen LogP) is 2.88. The van der Waals surface area contributed by atoms with E-state index in [-0.39, 0.29) is 30.2 Å². The number of anilines is 1. The second-order valence-electron chi connectivity index (χ2n) is 11.5. The number of aliphatic hydroxyl groups is 1. The molecule has 4 N–H and O–H groups in total. The number of amides is 4. The van der Waals surface area contributed by atoms with E-state index in [1.165, 1.54) is 17.9 Å². The number of hydrogen-bond acceptors (Lipinski definition) is 8. The van der Waals surface area contributed by atoms with Gasteiger partial charge in [0.25, 0.3) is 11.8 Å². The lowest BCUT2D eigenvalue weighted by atomic mass is 10.0. The van der Waals surface area contributed by atoms with Gasteiger partial charge in [-0.1, -0.05) is 67.0 Å². The van der Waals surface area contributed by atoms with Crippen LogP contribution in [0.15, 0.2) is 70.8 Å². The second-order valence-corrected chi connectivity index (χ2v) is 11.5. The third-order valence-corrected chi connectivity index (χ3v) is 7.03. The highest BCUT2D eigenvalue weighted by Gasteiger charge is 2.31. The molecule has 0 bridgehead atoms. The molecule has 46 heavy (non-hydrogen) atoms. The van der Waals surface area contributed by atoms with Gasteiger partial charge in [0.1, 0.15) is 29.5 Å². The smallest absolute Gasteiger partial charge is 0.274 e. The molecule has 1 aromatic heterocycles. The van der Waals surface area contributed by atoms with E-state index >= 15 is 0 Å². The summed E-state index contributed by atoms with van der Waals surface area (Å²) in [7, 11) is 1.55. The van der Waals surface area contributed by atoms with E-state index in [4.69, 9.17) is 4.52 Å². The van der Waals surface area contributed by atoms with Crippen LogP contribution in [0.25, 0.3) is 0 Å². The van der Waals surface area contributed by atoms with Crippen LogP contribution in [-0.2, 0) is 27.3 Å². The normalized spacial score (nSPS) is 13.2. The average Bonchev–Trinajstić information content (AvgIpc) is 3.47. The molecule has 3 aromatic rings. The lowest BCUT2D eigenvalue weighted by Crippen LogP contribution is -2.57. The van der Waals surface area contributed by atoms with Gasteiger partial charge in [0.2, 0.25) is 11.8 Å². The van der Waals surface area contributed by atoms with Crippen LogP contribution in [0.3, 0.4) is 0 Å². The van der Waals surface area contributed by atoms with Crippen LogP contribution in [0.5, 0.6) is 0 Å². The fourth-order valence-corrected chi connectivity index (χ4v) is 4.50. The molecule has 0 aliphatic carbocycles. The summed E-state index contributed by atoms with van der Waals surface area (Å²) in [5.41, 5.74) is 2.95. The largest absolute Gasteiger partial charge is 0.391 e. The Balaban J connectivity index is 1.85. The molecule has 12 heteroatoms. The summed E-state index contributed by atoms with van der Waals surface area (Å²) in [6.07, 6.45) is 0.287. The minimum absolute atomic E-state index is 0.00330. The Morgan fingerprint density at radius 1 is 1.00 bits per heavy atom. The van der Waals surface area contributed by atoms with E-state index < -0.39 is 41.8 Å². The highest BCUT2D eigenvalue weighted by Crippen LogP contribution is 2.19. The first-order valence-electron chi connectivity index (χ1n) is 14.8. The number of aliphatic hydroxyl groups excluding tert-OH is 1. The molecule has 0 unspecified atom stereocenters. The number of likely N-dealkylation sites (N-methyl/N-ethyl adjacent to an activating group) is 1. The number of carbonyl (C=O) groups is 4. The molecule has 0 fully saturated rings. The SMILES string of the molecule is Cc1ccc(CNC(=O)[C@H](Cc2cccc(N(C)C(=O)C(C#N)=CC(C)C)c2)NC(=O)[C@@H](NC(=O)c2cc(C)on2)[C@@H](C)O)cc1. The van der Waals surface area contributed by atoms with Gasteiger partial charge in [-0.2, -0.15) is 5.26 Å². The third kappa shape index (κ3) is 9.87. The molecule has 1 heterocycles. The number of allylic oxidation sites excluding steroid dienone is 1. The summed E-state index contributed by atoms with van der Waals surface area (Å²) in [6.45, 7) is 8.83. The molecule has 0 saturated carbocycles. The zero-order valence-electron chi connectivity index (χ0n) is 26.8. The van der Waals surface area contributed by atoms with Crippen molar-refractivity contribution in [2.24, 2.45) is 5.92 Å². The fraction of sp³-hybridized carbons (Fsp3) is 0.353. The molecule has 242 valence electrons. The van der Waals surface area contributed by atoms with Crippen molar-refractivity contribution < 1.29 is 28.8 Å². The van der Waals surface area contributed by atoms with E-state index in [0.717, 1.165) is 11.1 Å². The third-order valence-electron chi connectivity index (χ3n) is 7.03. The number of nitrogens with zero attached hydrogens (tertiary/aromatic N) is 3. The first-order valence-corrected chi connectivity index (χ1v) is 14.8. The van der Waals surface area contributed by atoms with Crippen molar-refractivity contribution in [3.8, 4) is 6.07 Å². The number of rotatable bonds is 13. The van der Waals surface area contributed by atoms with Gasteiger partial charge >= 0.3 is 0 Å². The highest BCUT2D eigenvalue weighted by molar-refractivity contribution is 6.08. The van der Waals surface area contributed by atoms with Gasteiger partial charge in [-0.15, -0.1) is 0 Å². The average molecular weight is 629 g/mol. The Morgan fingerprint density at radius 2 is 1.70 bits per heavy atom. The Labute approximate surface area is 268 Å². The van der Waals surface area contributed by atoms with Crippen molar-refractivity contribution in [1.82, 2.24) is 21.1 Å². The molecule has 0 spiro atoms. The topological polar surface area (TPSA) is 178 Å². The van der Waals surface area contributed by atoms with Gasteiger partial charge in [-0.05, 0) is 49.9 Å². The van der Waals surface area contributed by atoms with Gasteiger partial charge in [-0.3, -0.25) is 19.2 Å². The number of hydrogen-bond donors (Lipinski definition) is 4. The molecule has 0 saturated heterocycles. The number of aromatic nitrogens is 1. The van der Waals surface area contributed by atoms with Crippen LogP contribution in [0, 0.1) is 31.1 Å². The molecule has 12 nitrogen and oxygen atoms in total. The summed E-state index contributed by atoms with van der Waals surface area (Å²) in [6, 6.07) is 15.2. The minimum Gasteiger partial charge on any atom is -0.391 e. The van der Waals surface area contributed by atoms with E-state index in [2.05, 4.69) is 21.1 Å². The first kappa shape index (κ1) is 35.2. The van der Waals surface area contributed by atoms with Gasteiger partial charge in [0.15, 0.2) is 5.69 Å². The van der Waals surface area contributed by atoms with Crippen LogP contribution in [0.1, 0.15) is 53.7 Å². The van der Waals surface area contributed by atoms with E-state index in [1.807, 2.05) is 51.1 Å². The molecular weight excluding hydrogens is 588 g/mol. The molecule has 3 rings (SSSR count). The monoisotopic (exact) mass is 628 g/mol. The summed E-state index contributed by atoms with van der Waals surface area (Å²) >= 11 is 0. The van der Waals surface area contributed by atoms with Crippen molar-refractivity contribution in [1.29, 1.82) is 5.26 Å². The van der Waals surface area contributed by atoms with Gasteiger partial charge in [-0.25, -0.2) is 0 Å². The molecule has 3 atom stereocenters. The Kier molecular flexibility index (Phi) is 12.4. The zero-order chi connectivity index (χ0) is 34.0. The van der Waals surface area contributed by atoms with Crippen molar-refractivity contribution in [3.63, 3.8) is 0 Å². The Bertz CT molecular complexity index is 1620. The number of carbonyl (C=O) groups excluding carboxylic acids is 4. The summed E-state index contributed by atoms with van der Waals surface area (Å²) in [5, 5.41) is 31.5. The van der Waals surface area contributed by atoms with Crippen molar-refractivity contribution >= 4 is 29.3 Å². The predicted molar refractivity (Wildman–Crippen MR) is 171 cm³/mol. The number of benzene rings is 2. The fourth-order valence-electron chi connectivity index (χ4n) is 4.50. The Morgan fingerprint density at radius 3 is 2.28 bits per heavy atom. The minimum atomic E-state index is -1.41. The quantitative estimate of drug-likeness (QED) is 0.165. The molecule has 2 aromatic carbocycles. The first-order chi connectivity index (χ1) is 21.8. The summed E-state index contributed by atoms with van der Waals surface area (Å²) in [5.74, 6) is -2.12. The van der Waals surface area contributed by atoms with Gasteiger partial charge < -0.3 is 30.5 Å². The molecule has 4 amide bonds. The van der Waals surface area contributed by atoms with E-state index in [9.17, 15) is 29.5 Å². The van der Waals surface area contributed by atoms with Gasteiger partial charge in [0, 0.05) is 31.8 Å². The molecule has 0 aliphatic rings. The lowest BCUT2D eigenvalue weighted by Gasteiger charge is -2.25. The summed E-state index contributed by atoms with van der Waals surface area (Å²) < 4.78 is 4.93. The van der Waals surface area contributed by atoms with E-state index in [0.29, 0.717) is 17.0 Å². The van der Waals surface area contributed by atoms with Crippen LogP contribution in [0.4, 0.5) is 5.69 Å². The maximum Gasteiger partial charge on any atom is 0.274 e. The lowest BCUT2D eigenvalue weighted by molar-refractivity contribution is -0.131. The highest BCUT2D eigenvalue weighted by atomic mass is 16.5. The molecule has 0 radical (unpaired) electrons. The molecular formula is C34H40N6O6. The maximum absolute atomic E-state index is 13.5. The number of aryl methyl sites for hydroxylation is 2. The molecule has 0 aliphatic heterocycles. The second kappa shape index (κ2) is 16.2.